The summed E-state index contributed by atoms with van der Waals surface area (Å²) >= 11 is 0. The van der Waals surface area contributed by atoms with E-state index in [1.165, 1.54) is 32.1 Å². The number of aryl methyl sites for hydroxylation is 1. The number of aromatic nitrogens is 3. The van der Waals surface area contributed by atoms with Crippen molar-refractivity contribution in [2.45, 2.75) is 58.2 Å². The number of nitrogens with one attached hydrogen (secondary N) is 2. The van der Waals surface area contributed by atoms with E-state index in [4.69, 9.17) is 4.42 Å². The number of aliphatic imine (C=N–C) groups is 1. The zero-order valence-electron chi connectivity index (χ0n) is 14.5. The molecule has 1 aliphatic carbocycles. The van der Waals surface area contributed by atoms with Crippen LogP contribution in [0.2, 0.25) is 0 Å². The van der Waals surface area contributed by atoms with Crippen LogP contribution in [0.15, 0.2) is 28.0 Å². The molecule has 1 saturated carbocycles. The molecule has 0 bridgehead atoms. The molecular formula is C17H26N6O. The molecule has 0 atom stereocenters. The smallest absolute Gasteiger partial charge is 0.192 e. The molecule has 1 fully saturated rings. The summed E-state index contributed by atoms with van der Waals surface area (Å²) in [4.78, 5) is 4.69. The molecule has 1 aliphatic rings. The largest absolute Gasteiger partial charge is 0.472 e. The number of hydrogen-bond donors (Lipinski definition) is 2. The third-order valence-electron chi connectivity index (χ3n) is 4.54. The van der Waals surface area contributed by atoms with Crippen molar-refractivity contribution in [3.05, 3.63) is 35.8 Å². The number of nitrogens with zero attached hydrogens (tertiary/aromatic N) is 4. The third kappa shape index (κ3) is 4.37. The van der Waals surface area contributed by atoms with Crippen LogP contribution in [0, 0.1) is 6.92 Å². The van der Waals surface area contributed by atoms with Gasteiger partial charge in [0.05, 0.1) is 25.6 Å². The molecule has 0 aromatic carbocycles. The Morgan fingerprint density at radius 2 is 2.17 bits per heavy atom. The summed E-state index contributed by atoms with van der Waals surface area (Å²) in [6.45, 7) is 3.14. The van der Waals surface area contributed by atoms with Crippen molar-refractivity contribution in [1.82, 2.24) is 25.4 Å². The number of hydrogen-bond acceptors (Lipinski definition) is 4. The second-order valence-corrected chi connectivity index (χ2v) is 6.35. The van der Waals surface area contributed by atoms with Crippen LogP contribution in [0.1, 0.15) is 49.3 Å². The van der Waals surface area contributed by atoms with Crippen LogP contribution in [0.5, 0.6) is 0 Å². The van der Waals surface area contributed by atoms with Gasteiger partial charge in [-0.05, 0) is 25.8 Å². The zero-order valence-corrected chi connectivity index (χ0v) is 14.5. The number of guanidine groups is 1. The van der Waals surface area contributed by atoms with Crippen molar-refractivity contribution < 1.29 is 4.42 Å². The van der Waals surface area contributed by atoms with Crippen LogP contribution in [0.25, 0.3) is 0 Å². The van der Waals surface area contributed by atoms with Crippen LogP contribution in [-0.2, 0) is 20.1 Å². The monoisotopic (exact) mass is 330 g/mol. The van der Waals surface area contributed by atoms with E-state index in [1.807, 2.05) is 24.6 Å². The molecular weight excluding hydrogens is 304 g/mol. The Hall–Kier alpha value is -2.31. The van der Waals surface area contributed by atoms with Gasteiger partial charge in [0.15, 0.2) is 11.8 Å². The number of rotatable bonds is 5. The lowest BCUT2D eigenvalue weighted by Gasteiger charge is -2.25. The highest BCUT2D eigenvalue weighted by Crippen LogP contribution is 2.17. The van der Waals surface area contributed by atoms with Crippen LogP contribution >= 0.6 is 0 Å². The first-order chi connectivity index (χ1) is 11.7. The summed E-state index contributed by atoms with van der Waals surface area (Å²) in [6.07, 6.45) is 9.73. The molecule has 2 aromatic heterocycles. The van der Waals surface area contributed by atoms with E-state index < -0.39 is 0 Å². The van der Waals surface area contributed by atoms with Crippen molar-refractivity contribution in [2.75, 3.05) is 0 Å². The maximum Gasteiger partial charge on any atom is 0.192 e. The molecule has 0 unspecified atom stereocenters. The first-order valence-electron chi connectivity index (χ1n) is 8.63. The predicted molar refractivity (Wildman–Crippen MR) is 92.4 cm³/mol. The second-order valence-electron chi connectivity index (χ2n) is 6.35. The van der Waals surface area contributed by atoms with Gasteiger partial charge in [-0.25, -0.2) is 4.99 Å². The number of furan rings is 1. The van der Waals surface area contributed by atoms with E-state index in [2.05, 4.69) is 25.8 Å². The first-order valence-corrected chi connectivity index (χ1v) is 8.63. The normalized spacial score (nSPS) is 16.3. The second kappa shape index (κ2) is 7.99. The van der Waals surface area contributed by atoms with Crippen molar-refractivity contribution in [1.29, 1.82) is 0 Å². The molecule has 0 amide bonds. The predicted octanol–water partition coefficient (Wildman–Crippen LogP) is 2.28. The SMILES string of the molecule is Cc1nnc(CNC(=NCc2ccoc2)NC2CCCCC2)n1C. The lowest BCUT2D eigenvalue weighted by molar-refractivity contribution is 0.409. The Morgan fingerprint density at radius 1 is 1.33 bits per heavy atom. The minimum atomic E-state index is 0.496. The summed E-state index contributed by atoms with van der Waals surface area (Å²) in [7, 11) is 1.98. The Balaban J connectivity index is 1.63. The summed E-state index contributed by atoms with van der Waals surface area (Å²) in [5.41, 5.74) is 1.06. The van der Waals surface area contributed by atoms with Crippen LogP contribution < -0.4 is 10.6 Å². The maximum atomic E-state index is 5.11. The minimum absolute atomic E-state index is 0.496. The highest BCUT2D eigenvalue weighted by molar-refractivity contribution is 5.80. The zero-order chi connectivity index (χ0) is 16.8. The third-order valence-corrected chi connectivity index (χ3v) is 4.54. The van der Waals surface area contributed by atoms with Gasteiger partial charge in [-0.15, -0.1) is 10.2 Å². The lowest BCUT2D eigenvalue weighted by Crippen LogP contribution is -2.44. The van der Waals surface area contributed by atoms with Gasteiger partial charge >= 0.3 is 0 Å². The van der Waals surface area contributed by atoms with Crippen molar-refractivity contribution in [3.63, 3.8) is 0 Å². The Kier molecular flexibility index (Phi) is 5.51. The van der Waals surface area contributed by atoms with Crippen LogP contribution in [-0.4, -0.2) is 26.8 Å². The van der Waals surface area contributed by atoms with E-state index >= 15 is 0 Å². The standard InChI is InChI=1S/C17H26N6O/c1-13-21-22-16(23(13)2)11-19-17(18-10-14-8-9-24-12-14)20-15-6-4-3-5-7-15/h8-9,12,15H,3-7,10-11H2,1-2H3,(H2,18,19,20). The first kappa shape index (κ1) is 16.5. The fraction of sp³-hybridized carbons (Fsp3) is 0.588. The highest BCUT2D eigenvalue weighted by Gasteiger charge is 2.15. The Morgan fingerprint density at radius 3 is 2.83 bits per heavy atom. The summed E-state index contributed by atoms with van der Waals surface area (Å²) < 4.78 is 7.10. The molecule has 0 radical (unpaired) electrons. The highest BCUT2D eigenvalue weighted by atomic mass is 16.3. The molecule has 2 aromatic rings. The molecule has 0 spiro atoms. The molecule has 7 nitrogen and oxygen atoms in total. The fourth-order valence-electron chi connectivity index (χ4n) is 2.91. The van der Waals surface area contributed by atoms with Gasteiger partial charge in [0.25, 0.3) is 0 Å². The molecule has 24 heavy (non-hydrogen) atoms. The van der Waals surface area contributed by atoms with E-state index in [9.17, 15) is 0 Å². The molecule has 2 N–H and O–H groups in total. The van der Waals surface area contributed by atoms with Gasteiger partial charge in [0, 0.05) is 18.7 Å². The van der Waals surface area contributed by atoms with Crippen molar-refractivity contribution in [3.8, 4) is 0 Å². The average molecular weight is 330 g/mol. The molecule has 2 heterocycles. The van der Waals surface area contributed by atoms with Crippen LogP contribution in [0.4, 0.5) is 0 Å². The average Bonchev–Trinajstić information content (AvgIpc) is 3.23. The van der Waals surface area contributed by atoms with E-state index in [0.29, 0.717) is 19.1 Å². The quantitative estimate of drug-likeness (QED) is 0.649. The Bertz CT molecular complexity index is 655. The molecule has 7 heteroatoms. The molecule has 0 saturated heterocycles. The minimum Gasteiger partial charge on any atom is -0.472 e. The van der Waals surface area contributed by atoms with Crippen molar-refractivity contribution in [2.24, 2.45) is 12.0 Å². The summed E-state index contributed by atoms with van der Waals surface area (Å²) in [5.74, 6) is 2.63. The van der Waals surface area contributed by atoms with E-state index in [0.717, 1.165) is 23.2 Å². The van der Waals surface area contributed by atoms with Crippen molar-refractivity contribution >= 4 is 5.96 Å². The summed E-state index contributed by atoms with van der Waals surface area (Å²) in [6, 6.07) is 2.43. The van der Waals surface area contributed by atoms with Gasteiger partial charge < -0.3 is 19.6 Å². The Labute approximate surface area is 142 Å². The maximum absolute atomic E-state index is 5.11. The topological polar surface area (TPSA) is 80.3 Å². The fourth-order valence-corrected chi connectivity index (χ4v) is 2.91. The van der Waals surface area contributed by atoms with Gasteiger partial charge in [0.2, 0.25) is 0 Å². The molecule has 130 valence electrons. The van der Waals surface area contributed by atoms with Gasteiger partial charge in [-0.3, -0.25) is 0 Å². The van der Waals surface area contributed by atoms with Gasteiger partial charge in [-0.2, -0.15) is 0 Å². The van der Waals surface area contributed by atoms with Crippen LogP contribution in [0.3, 0.4) is 0 Å². The van der Waals surface area contributed by atoms with E-state index in [-0.39, 0.29) is 0 Å². The molecule has 3 rings (SSSR count). The van der Waals surface area contributed by atoms with Gasteiger partial charge in [0.1, 0.15) is 5.82 Å². The summed E-state index contributed by atoms with van der Waals surface area (Å²) in [5, 5.41) is 15.2. The molecule has 0 aliphatic heterocycles. The van der Waals surface area contributed by atoms with E-state index in [1.54, 1.807) is 12.5 Å². The van der Waals surface area contributed by atoms with Gasteiger partial charge in [-0.1, -0.05) is 19.3 Å². The lowest BCUT2D eigenvalue weighted by atomic mass is 9.96.